The van der Waals surface area contributed by atoms with Gasteiger partial charge in [0.25, 0.3) is 0 Å². The van der Waals surface area contributed by atoms with Gasteiger partial charge < -0.3 is 15.2 Å². The number of aliphatic hydroxyl groups is 1. The number of aliphatic hydroxyl groups excluding tert-OH is 1. The molecule has 15 heavy (non-hydrogen) atoms. The Kier molecular flexibility index (Phi) is 5.97. The number of hydrogen-bond donors (Lipinski definition) is 2. The molecule has 1 fully saturated rings. The van der Waals surface area contributed by atoms with Crippen LogP contribution in [0, 0.1) is 5.92 Å². The van der Waals surface area contributed by atoms with Crippen LogP contribution in [-0.4, -0.2) is 48.5 Å². The largest absolute Gasteiger partial charge is 0.395 e. The van der Waals surface area contributed by atoms with Gasteiger partial charge in [-0.05, 0) is 32.4 Å². The molecule has 0 aromatic heterocycles. The summed E-state index contributed by atoms with van der Waals surface area (Å²) in [6.07, 6.45) is 3.20. The maximum Gasteiger partial charge on any atom is 0.0564 e. The van der Waals surface area contributed by atoms with Crippen molar-refractivity contribution >= 4 is 11.8 Å². The van der Waals surface area contributed by atoms with Crippen LogP contribution in [0.5, 0.6) is 0 Å². The van der Waals surface area contributed by atoms with E-state index < -0.39 is 0 Å². The van der Waals surface area contributed by atoms with Crippen molar-refractivity contribution in [3.63, 3.8) is 0 Å². The van der Waals surface area contributed by atoms with Crippen LogP contribution in [0.3, 0.4) is 0 Å². The first-order valence-electron chi connectivity index (χ1n) is 5.66. The zero-order chi connectivity index (χ0) is 11.3. The Bertz CT molecular complexity index is 164. The summed E-state index contributed by atoms with van der Waals surface area (Å²) >= 11 is 1.72. The van der Waals surface area contributed by atoms with E-state index in [9.17, 15) is 5.11 Å². The molecule has 0 bridgehead atoms. The predicted octanol–water partition coefficient (Wildman–Crippen LogP) is 1.11. The van der Waals surface area contributed by atoms with Crippen molar-refractivity contribution in [1.82, 2.24) is 5.32 Å². The fourth-order valence-corrected chi connectivity index (χ4v) is 2.68. The Balaban J connectivity index is 2.32. The van der Waals surface area contributed by atoms with Gasteiger partial charge in [0, 0.05) is 23.9 Å². The van der Waals surface area contributed by atoms with E-state index in [1.54, 1.807) is 11.8 Å². The summed E-state index contributed by atoms with van der Waals surface area (Å²) in [5.74, 6) is 0.633. The molecule has 4 heteroatoms. The molecule has 90 valence electrons. The summed E-state index contributed by atoms with van der Waals surface area (Å²) in [6, 6.07) is 0.823. The number of ether oxygens (including phenoxy) is 1. The van der Waals surface area contributed by atoms with Crippen LogP contribution >= 0.6 is 11.8 Å². The normalized spacial score (nSPS) is 27.6. The molecule has 1 aliphatic rings. The smallest absolute Gasteiger partial charge is 0.0564 e. The molecule has 0 amide bonds. The summed E-state index contributed by atoms with van der Waals surface area (Å²) in [6.45, 7) is 6.37. The van der Waals surface area contributed by atoms with E-state index in [-0.39, 0.29) is 11.9 Å². The fourth-order valence-electron chi connectivity index (χ4n) is 2.04. The average molecular weight is 233 g/mol. The third-order valence-corrected chi connectivity index (χ3v) is 4.40. The predicted molar refractivity (Wildman–Crippen MR) is 65.4 cm³/mol. The van der Waals surface area contributed by atoms with E-state index in [2.05, 4.69) is 19.2 Å². The third kappa shape index (κ3) is 3.94. The van der Waals surface area contributed by atoms with Gasteiger partial charge in [-0.1, -0.05) is 0 Å². The van der Waals surface area contributed by atoms with Crippen molar-refractivity contribution in [1.29, 1.82) is 0 Å². The second kappa shape index (κ2) is 6.74. The lowest BCUT2D eigenvalue weighted by Crippen LogP contribution is -2.45. The van der Waals surface area contributed by atoms with Crippen LogP contribution in [0.25, 0.3) is 0 Å². The summed E-state index contributed by atoms with van der Waals surface area (Å²) < 4.78 is 5.38. The Morgan fingerprint density at radius 3 is 2.73 bits per heavy atom. The van der Waals surface area contributed by atoms with Crippen molar-refractivity contribution in [2.45, 2.75) is 37.6 Å². The van der Waals surface area contributed by atoms with E-state index in [1.807, 2.05) is 6.26 Å². The molecule has 0 spiro atoms. The summed E-state index contributed by atoms with van der Waals surface area (Å²) in [4.78, 5) is 0. The molecule has 0 aromatic carbocycles. The van der Waals surface area contributed by atoms with Crippen molar-refractivity contribution in [3.05, 3.63) is 0 Å². The number of nitrogens with one attached hydrogen (secondary N) is 1. The molecular weight excluding hydrogens is 210 g/mol. The van der Waals surface area contributed by atoms with E-state index in [4.69, 9.17) is 4.74 Å². The molecule has 4 atom stereocenters. The average Bonchev–Trinajstić information content (AvgIpc) is 2.72. The van der Waals surface area contributed by atoms with Gasteiger partial charge in [-0.25, -0.2) is 0 Å². The highest BCUT2D eigenvalue weighted by molar-refractivity contribution is 7.99. The van der Waals surface area contributed by atoms with E-state index in [1.165, 1.54) is 0 Å². The van der Waals surface area contributed by atoms with Crippen LogP contribution in [-0.2, 0) is 4.74 Å². The highest BCUT2D eigenvalue weighted by Crippen LogP contribution is 2.18. The Morgan fingerprint density at radius 1 is 1.53 bits per heavy atom. The lowest BCUT2D eigenvalue weighted by Gasteiger charge is -2.28. The van der Waals surface area contributed by atoms with Gasteiger partial charge in [-0.2, -0.15) is 11.8 Å². The van der Waals surface area contributed by atoms with Gasteiger partial charge in [-0.15, -0.1) is 0 Å². The Labute approximate surface area is 97.0 Å². The minimum atomic E-state index is 0.239. The minimum absolute atomic E-state index is 0.239. The standard InChI is InChI=1S/C11H23NO2S/c1-8(10-4-5-14-7-10)12-9(2)11(6-13)15-3/h8-13H,4-7H2,1-3H3. The minimum Gasteiger partial charge on any atom is -0.395 e. The van der Waals surface area contributed by atoms with Crippen LogP contribution in [0.2, 0.25) is 0 Å². The molecule has 0 saturated carbocycles. The highest BCUT2D eigenvalue weighted by atomic mass is 32.2. The van der Waals surface area contributed by atoms with Crippen molar-refractivity contribution < 1.29 is 9.84 Å². The summed E-state index contributed by atoms with van der Waals surface area (Å²) in [5.41, 5.74) is 0. The summed E-state index contributed by atoms with van der Waals surface area (Å²) in [5, 5.41) is 13.0. The molecule has 0 aromatic rings. The summed E-state index contributed by atoms with van der Waals surface area (Å²) in [7, 11) is 0. The lowest BCUT2D eigenvalue weighted by molar-refractivity contribution is 0.175. The van der Waals surface area contributed by atoms with Gasteiger partial charge in [0.05, 0.1) is 13.2 Å². The van der Waals surface area contributed by atoms with Crippen LogP contribution in [0.15, 0.2) is 0 Å². The van der Waals surface area contributed by atoms with Gasteiger partial charge in [-0.3, -0.25) is 0 Å². The van der Waals surface area contributed by atoms with Crippen LogP contribution in [0.4, 0.5) is 0 Å². The molecule has 2 N–H and O–H groups in total. The van der Waals surface area contributed by atoms with Crippen LogP contribution < -0.4 is 5.32 Å². The molecular formula is C11H23NO2S. The first-order chi connectivity index (χ1) is 7.19. The van der Waals surface area contributed by atoms with E-state index >= 15 is 0 Å². The number of thioether (sulfide) groups is 1. The van der Waals surface area contributed by atoms with Gasteiger partial charge in [0.2, 0.25) is 0 Å². The maximum atomic E-state index is 9.19. The molecule has 3 nitrogen and oxygen atoms in total. The molecule has 0 aliphatic carbocycles. The highest BCUT2D eigenvalue weighted by Gasteiger charge is 2.25. The Morgan fingerprint density at radius 2 is 2.27 bits per heavy atom. The topological polar surface area (TPSA) is 41.5 Å². The number of hydrogen-bond acceptors (Lipinski definition) is 4. The molecule has 0 radical (unpaired) electrons. The molecule has 4 unspecified atom stereocenters. The second-order valence-electron chi connectivity index (χ2n) is 4.32. The first-order valence-corrected chi connectivity index (χ1v) is 6.95. The maximum absolute atomic E-state index is 9.19. The first kappa shape index (κ1) is 13.3. The Hall–Kier alpha value is 0.230. The third-order valence-electron chi connectivity index (χ3n) is 3.24. The van der Waals surface area contributed by atoms with Gasteiger partial charge in [0.15, 0.2) is 0 Å². The molecule has 1 rings (SSSR count). The second-order valence-corrected chi connectivity index (χ2v) is 5.40. The van der Waals surface area contributed by atoms with Crippen molar-refractivity contribution in [3.8, 4) is 0 Å². The van der Waals surface area contributed by atoms with E-state index in [0.29, 0.717) is 18.0 Å². The SMILES string of the molecule is CSC(CO)C(C)NC(C)C1CCOC1. The zero-order valence-electron chi connectivity index (χ0n) is 9.90. The zero-order valence-corrected chi connectivity index (χ0v) is 10.7. The van der Waals surface area contributed by atoms with Crippen molar-refractivity contribution in [2.75, 3.05) is 26.1 Å². The van der Waals surface area contributed by atoms with Gasteiger partial charge >= 0.3 is 0 Å². The molecule has 1 aliphatic heterocycles. The lowest BCUT2D eigenvalue weighted by atomic mass is 9.99. The quantitative estimate of drug-likeness (QED) is 0.721. The molecule has 1 heterocycles. The van der Waals surface area contributed by atoms with E-state index in [0.717, 1.165) is 19.6 Å². The van der Waals surface area contributed by atoms with Crippen molar-refractivity contribution in [2.24, 2.45) is 5.92 Å². The monoisotopic (exact) mass is 233 g/mol. The van der Waals surface area contributed by atoms with Crippen LogP contribution in [0.1, 0.15) is 20.3 Å². The fraction of sp³-hybridized carbons (Fsp3) is 1.00. The number of rotatable bonds is 6. The molecule has 1 saturated heterocycles. The van der Waals surface area contributed by atoms with Gasteiger partial charge in [0.1, 0.15) is 0 Å².